The second kappa shape index (κ2) is 6.06. The van der Waals surface area contributed by atoms with E-state index < -0.39 is 0 Å². The van der Waals surface area contributed by atoms with Gasteiger partial charge in [0.1, 0.15) is 5.75 Å². The van der Waals surface area contributed by atoms with Crippen molar-refractivity contribution in [2.45, 2.75) is 20.8 Å². The molecular formula is C10H15BrO. The lowest BCUT2D eigenvalue weighted by Gasteiger charge is -2.04. The van der Waals surface area contributed by atoms with Crippen LogP contribution in [0.5, 0.6) is 5.75 Å². The third-order valence-corrected chi connectivity index (χ3v) is 1.99. The van der Waals surface area contributed by atoms with Gasteiger partial charge in [0.2, 0.25) is 0 Å². The number of ether oxygens (including phenoxy) is 1. The molecule has 1 nitrogen and oxygen atoms in total. The monoisotopic (exact) mass is 230 g/mol. The second-order valence-corrected chi connectivity index (χ2v) is 2.94. The normalized spacial score (nSPS) is 8.42. The highest BCUT2D eigenvalue weighted by Crippen LogP contribution is 2.27. The smallest absolute Gasteiger partial charge is 0.135 e. The summed E-state index contributed by atoms with van der Waals surface area (Å²) in [6, 6.07) is 5.97. The van der Waals surface area contributed by atoms with E-state index in [0.29, 0.717) is 0 Å². The van der Waals surface area contributed by atoms with Gasteiger partial charge in [-0.05, 0) is 34.5 Å². The number of hydrogen-bond donors (Lipinski definition) is 0. The van der Waals surface area contributed by atoms with Crippen molar-refractivity contribution in [3.63, 3.8) is 0 Å². The van der Waals surface area contributed by atoms with E-state index in [-0.39, 0.29) is 0 Å². The standard InChI is InChI=1S/C8H9BrO.C2H6/c1-6-4-3-5-7(9)8(6)10-2;1-2/h3-5H,1-2H3;1-2H3. The number of hydrogen-bond acceptors (Lipinski definition) is 1. The third kappa shape index (κ3) is 2.86. The Labute approximate surface area is 82.9 Å². The Morgan fingerprint density at radius 2 is 1.83 bits per heavy atom. The van der Waals surface area contributed by atoms with Gasteiger partial charge in [-0.3, -0.25) is 0 Å². The first-order valence-electron chi connectivity index (χ1n) is 4.05. The minimum Gasteiger partial charge on any atom is -0.495 e. The van der Waals surface area contributed by atoms with Gasteiger partial charge in [-0.25, -0.2) is 0 Å². The SMILES string of the molecule is CC.COc1c(C)cccc1Br. The number of benzene rings is 1. The zero-order valence-corrected chi connectivity index (χ0v) is 9.60. The molecule has 0 atom stereocenters. The summed E-state index contributed by atoms with van der Waals surface area (Å²) in [5, 5.41) is 0. The predicted octanol–water partition coefficient (Wildman–Crippen LogP) is 3.79. The van der Waals surface area contributed by atoms with Crippen molar-refractivity contribution < 1.29 is 4.74 Å². The largest absolute Gasteiger partial charge is 0.495 e. The number of rotatable bonds is 1. The van der Waals surface area contributed by atoms with Crippen molar-refractivity contribution in [3.05, 3.63) is 28.2 Å². The first-order chi connectivity index (χ1) is 5.75. The fraction of sp³-hybridized carbons (Fsp3) is 0.400. The van der Waals surface area contributed by atoms with Crippen molar-refractivity contribution in [2.24, 2.45) is 0 Å². The summed E-state index contributed by atoms with van der Waals surface area (Å²) >= 11 is 3.38. The van der Waals surface area contributed by atoms with E-state index in [1.807, 2.05) is 39.0 Å². The summed E-state index contributed by atoms with van der Waals surface area (Å²) in [5.74, 6) is 0.919. The van der Waals surface area contributed by atoms with Gasteiger partial charge in [0.15, 0.2) is 0 Å². The molecule has 12 heavy (non-hydrogen) atoms. The topological polar surface area (TPSA) is 9.23 Å². The number of methoxy groups -OCH3 is 1. The molecule has 2 heteroatoms. The van der Waals surface area contributed by atoms with Crippen LogP contribution >= 0.6 is 15.9 Å². The highest BCUT2D eigenvalue weighted by atomic mass is 79.9. The molecule has 1 rings (SSSR count). The molecule has 0 heterocycles. The van der Waals surface area contributed by atoms with Crippen molar-refractivity contribution in [1.29, 1.82) is 0 Å². The Bertz CT molecular complexity index is 213. The maximum Gasteiger partial charge on any atom is 0.135 e. The minimum atomic E-state index is 0.919. The Balaban J connectivity index is 0.000000561. The Morgan fingerprint density at radius 1 is 1.25 bits per heavy atom. The molecule has 0 bridgehead atoms. The molecule has 0 aromatic heterocycles. The molecule has 0 N–H and O–H groups in total. The molecule has 68 valence electrons. The number of halogens is 1. The lowest BCUT2D eigenvalue weighted by atomic mass is 10.2. The van der Waals surface area contributed by atoms with Gasteiger partial charge in [0.05, 0.1) is 11.6 Å². The molecule has 0 amide bonds. The summed E-state index contributed by atoms with van der Waals surface area (Å²) in [7, 11) is 1.67. The van der Waals surface area contributed by atoms with E-state index in [4.69, 9.17) is 4.74 Å². The van der Waals surface area contributed by atoms with E-state index in [9.17, 15) is 0 Å². The summed E-state index contributed by atoms with van der Waals surface area (Å²) < 4.78 is 6.14. The second-order valence-electron chi connectivity index (χ2n) is 2.09. The van der Waals surface area contributed by atoms with Gasteiger partial charge < -0.3 is 4.74 Å². The molecule has 0 unspecified atom stereocenters. The minimum absolute atomic E-state index is 0.919. The van der Waals surface area contributed by atoms with E-state index in [1.54, 1.807) is 7.11 Å². The van der Waals surface area contributed by atoms with Gasteiger partial charge in [-0.2, -0.15) is 0 Å². The average Bonchev–Trinajstić information content (AvgIpc) is 2.08. The number of aryl methyl sites for hydroxylation is 1. The average molecular weight is 231 g/mol. The van der Waals surface area contributed by atoms with Gasteiger partial charge in [-0.15, -0.1) is 0 Å². The molecule has 0 saturated carbocycles. The van der Waals surface area contributed by atoms with Gasteiger partial charge >= 0.3 is 0 Å². The quantitative estimate of drug-likeness (QED) is 0.714. The van der Waals surface area contributed by atoms with Crippen LogP contribution in [0.15, 0.2) is 22.7 Å². The predicted molar refractivity (Wildman–Crippen MR) is 56.8 cm³/mol. The van der Waals surface area contributed by atoms with Crippen molar-refractivity contribution in [1.82, 2.24) is 0 Å². The maximum atomic E-state index is 5.13. The van der Waals surface area contributed by atoms with E-state index in [1.165, 1.54) is 0 Å². The van der Waals surface area contributed by atoms with Crippen LogP contribution in [0.2, 0.25) is 0 Å². The van der Waals surface area contributed by atoms with Crippen LogP contribution in [-0.2, 0) is 0 Å². The van der Waals surface area contributed by atoms with Crippen LogP contribution < -0.4 is 4.74 Å². The maximum absolute atomic E-state index is 5.13. The first kappa shape index (κ1) is 11.5. The fourth-order valence-corrected chi connectivity index (χ4v) is 1.50. The molecule has 0 aliphatic rings. The zero-order chi connectivity index (χ0) is 9.56. The van der Waals surface area contributed by atoms with Crippen LogP contribution in [0.4, 0.5) is 0 Å². The molecule has 0 aliphatic carbocycles. The highest BCUT2D eigenvalue weighted by molar-refractivity contribution is 9.10. The van der Waals surface area contributed by atoms with E-state index >= 15 is 0 Å². The summed E-state index contributed by atoms with van der Waals surface area (Å²) in [6.07, 6.45) is 0. The lowest BCUT2D eigenvalue weighted by molar-refractivity contribution is 0.409. The molecule has 0 fully saturated rings. The Hall–Kier alpha value is -0.500. The molecular weight excluding hydrogens is 216 g/mol. The Kier molecular flexibility index (Phi) is 5.81. The van der Waals surface area contributed by atoms with Crippen molar-refractivity contribution in [2.75, 3.05) is 7.11 Å². The van der Waals surface area contributed by atoms with Crippen LogP contribution in [0.3, 0.4) is 0 Å². The van der Waals surface area contributed by atoms with Crippen LogP contribution in [0.25, 0.3) is 0 Å². The fourth-order valence-electron chi connectivity index (χ4n) is 0.875. The van der Waals surface area contributed by atoms with Gasteiger partial charge in [0.25, 0.3) is 0 Å². The molecule has 0 radical (unpaired) electrons. The summed E-state index contributed by atoms with van der Waals surface area (Å²) in [6.45, 7) is 6.02. The zero-order valence-electron chi connectivity index (χ0n) is 8.02. The van der Waals surface area contributed by atoms with Crippen molar-refractivity contribution >= 4 is 15.9 Å². The molecule has 1 aromatic rings. The van der Waals surface area contributed by atoms with Crippen LogP contribution in [0, 0.1) is 6.92 Å². The molecule has 0 saturated heterocycles. The Morgan fingerprint density at radius 3 is 2.17 bits per heavy atom. The van der Waals surface area contributed by atoms with Crippen molar-refractivity contribution in [3.8, 4) is 5.75 Å². The molecule has 1 aromatic carbocycles. The molecule has 0 spiro atoms. The summed E-state index contributed by atoms with van der Waals surface area (Å²) in [4.78, 5) is 0. The number of para-hydroxylation sites is 1. The highest BCUT2D eigenvalue weighted by Gasteiger charge is 2.00. The van der Waals surface area contributed by atoms with Crippen LogP contribution in [0.1, 0.15) is 19.4 Å². The van der Waals surface area contributed by atoms with Crippen LogP contribution in [-0.4, -0.2) is 7.11 Å². The lowest BCUT2D eigenvalue weighted by Crippen LogP contribution is -1.86. The first-order valence-corrected chi connectivity index (χ1v) is 4.84. The van der Waals surface area contributed by atoms with E-state index in [2.05, 4.69) is 15.9 Å². The molecule has 0 aliphatic heterocycles. The van der Waals surface area contributed by atoms with Gasteiger partial charge in [-0.1, -0.05) is 26.0 Å². The third-order valence-electron chi connectivity index (χ3n) is 1.37. The summed E-state index contributed by atoms with van der Waals surface area (Å²) in [5.41, 5.74) is 1.15. The van der Waals surface area contributed by atoms with Gasteiger partial charge in [0, 0.05) is 0 Å². The van der Waals surface area contributed by atoms with E-state index in [0.717, 1.165) is 15.8 Å².